The molecule has 1 aromatic rings. The van der Waals surface area contributed by atoms with Crippen LogP contribution in [0.15, 0.2) is 17.9 Å². The topological polar surface area (TPSA) is 69.6 Å². The fraction of sp³-hybridized carbons (Fsp3) is 0.375. The van der Waals surface area contributed by atoms with Crippen molar-refractivity contribution in [2.45, 2.75) is 12.5 Å². The van der Waals surface area contributed by atoms with Crippen LogP contribution in [0, 0.1) is 0 Å². The van der Waals surface area contributed by atoms with E-state index in [2.05, 4.69) is 5.32 Å². The predicted molar refractivity (Wildman–Crippen MR) is 52.7 cm³/mol. The van der Waals surface area contributed by atoms with Crippen molar-refractivity contribution in [2.75, 3.05) is 11.9 Å². The number of nitrogens with one attached hydrogen (secondary N) is 1. The highest BCUT2D eigenvalue weighted by atomic mass is 31.0. The van der Waals surface area contributed by atoms with E-state index in [1.165, 1.54) is 0 Å². The van der Waals surface area contributed by atoms with Gasteiger partial charge in [0.25, 0.3) is 0 Å². The molecule has 13 heavy (non-hydrogen) atoms. The maximum atomic E-state index is 10.7. The maximum absolute atomic E-state index is 10.7. The first kappa shape index (κ1) is 10.1. The second-order valence-electron chi connectivity index (χ2n) is 2.63. The lowest BCUT2D eigenvalue weighted by molar-refractivity contribution is -0.138. The summed E-state index contributed by atoms with van der Waals surface area (Å²) in [4.78, 5) is 10.7. The molecule has 0 saturated heterocycles. The van der Waals surface area contributed by atoms with Crippen LogP contribution < -0.4 is 5.32 Å². The molecule has 0 aromatic carbocycles. The molecular formula is C8H12NO3P. The summed E-state index contributed by atoms with van der Waals surface area (Å²) in [5.74, 6) is 1.05. The standard InChI is InChI=1S/C8H12NO3P/c10-4-3-6(8(11)12)9-7-2-1-5-13-7/h1-2,5-6,9-10,13H,3-4H2,(H,11,12)/t6-/m0/s1. The van der Waals surface area contributed by atoms with Crippen molar-refractivity contribution >= 4 is 19.6 Å². The molecule has 5 heteroatoms. The van der Waals surface area contributed by atoms with Crippen LogP contribution in [0.4, 0.5) is 5.42 Å². The van der Waals surface area contributed by atoms with Gasteiger partial charge in [-0.3, -0.25) is 0 Å². The zero-order chi connectivity index (χ0) is 9.68. The summed E-state index contributed by atoms with van der Waals surface area (Å²) >= 11 is 0. The lowest BCUT2D eigenvalue weighted by Crippen LogP contribution is -2.29. The second kappa shape index (κ2) is 4.90. The van der Waals surface area contributed by atoms with Gasteiger partial charge >= 0.3 is 5.97 Å². The molecule has 0 aliphatic carbocycles. The Morgan fingerprint density at radius 1 is 1.69 bits per heavy atom. The highest BCUT2D eigenvalue weighted by molar-refractivity contribution is 7.33. The van der Waals surface area contributed by atoms with Crippen molar-refractivity contribution in [3.8, 4) is 0 Å². The van der Waals surface area contributed by atoms with Crippen molar-refractivity contribution in [3.05, 3.63) is 17.9 Å². The van der Waals surface area contributed by atoms with E-state index in [4.69, 9.17) is 10.2 Å². The molecule has 1 aromatic heterocycles. The molecule has 72 valence electrons. The highest BCUT2D eigenvalue weighted by Gasteiger charge is 2.15. The molecule has 0 saturated carbocycles. The van der Waals surface area contributed by atoms with E-state index in [1.807, 2.05) is 17.9 Å². The van der Waals surface area contributed by atoms with Crippen molar-refractivity contribution in [2.24, 2.45) is 0 Å². The fourth-order valence-corrected chi connectivity index (χ4v) is 1.82. The zero-order valence-electron chi connectivity index (χ0n) is 7.03. The summed E-state index contributed by atoms with van der Waals surface area (Å²) < 4.78 is 0. The lowest BCUT2D eigenvalue weighted by atomic mass is 10.2. The van der Waals surface area contributed by atoms with E-state index in [-0.39, 0.29) is 13.0 Å². The van der Waals surface area contributed by atoms with Crippen LogP contribution in [0.2, 0.25) is 0 Å². The molecule has 4 nitrogen and oxygen atoms in total. The van der Waals surface area contributed by atoms with Gasteiger partial charge in [-0.1, -0.05) is 6.07 Å². The Balaban J connectivity index is 2.52. The number of carbonyl (C=O) groups is 1. The van der Waals surface area contributed by atoms with E-state index < -0.39 is 12.0 Å². The number of carboxylic acid groups (broad SMARTS) is 1. The van der Waals surface area contributed by atoms with Gasteiger partial charge in [0.1, 0.15) is 6.04 Å². The average molecular weight is 201 g/mol. The predicted octanol–water partition coefficient (Wildman–Crippen LogP) is 0.965. The summed E-state index contributed by atoms with van der Waals surface area (Å²) in [6.07, 6.45) is 0.233. The van der Waals surface area contributed by atoms with E-state index in [1.54, 1.807) is 0 Å². The minimum absolute atomic E-state index is 0.117. The van der Waals surface area contributed by atoms with E-state index in [9.17, 15) is 4.79 Å². The molecule has 1 heterocycles. The molecule has 0 spiro atoms. The molecule has 0 amide bonds. The van der Waals surface area contributed by atoms with Gasteiger partial charge in [0, 0.05) is 13.0 Å². The van der Waals surface area contributed by atoms with Gasteiger partial charge in [0.15, 0.2) is 0 Å². The van der Waals surface area contributed by atoms with Gasteiger partial charge in [-0.25, -0.2) is 4.79 Å². The lowest BCUT2D eigenvalue weighted by Gasteiger charge is -2.12. The van der Waals surface area contributed by atoms with E-state index in [0.29, 0.717) is 8.19 Å². The van der Waals surface area contributed by atoms with Crippen LogP contribution in [0.3, 0.4) is 0 Å². The summed E-state index contributed by atoms with van der Waals surface area (Å²) in [5.41, 5.74) is 0.917. The third kappa shape index (κ3) is 3.09. The Morgan fingerprint density at radius 2 is 2.46 bits per heavy atom. The van der Waals surface area contributed by atoms with Gasteiger partial charge in [0.05, 0.1) is 5.42 Å². The quantitative estimate of drug-likeness (QED) is 0.663. The Kier molecular flexibility index (Phi) is 3.80. The first-order valence-corrected chi connectivity index (χ1v) is 5.05. The van der Waals surface area contributed by atoms with Crippen molar-refractivity contribution in [1.29, 1.82) is 0 Å². The Bertz CT molecular complexity index is 260. The van der Waals surface area contributed by atoms with Crippen LogP contribution in [0.5, 0.6) is 0 Å². The third-order valence-electron chi connectivity index (χ3n) is 1.64. The number of rotatable bonds is 5. The molecule has 0 aliphatic rings. The number of aliphatic hydroxyl groups excluding tert-OH is 1. The van der Waals surface area contributed by atoms with Crippen LogP contribution in [-0.2, 0) is 4.79 Å². The smallest absolute Gasteiger partial charge is 0.326 e. The molecule has 1 rings (SSSR count). The number of hydrogen-bond acceptors (Lipinski definition) is 3. The average Bonchev–Trinajstić information content (AvgIpc) is 2.56. The minimum atomic E-state index is -0.924. The van der Waals surface area contributed by atoms with Gasteiger partial charge in [-0.05, 0) is 11.9 Å². The molecule has 0 aliphatic heterocycles. The number of aliphatic hydroxyl groups is 1. The summed E-state index contributed by atoms with van der Waals surface area (Å²) in [5, 5.41) is 20.2. The molecule has 3 N–H and O–H groups in total. The fourth-order valence-electron chi connectivity index (χ4n) is 0.994. The van der Waals surface area contributed by atoms with Crippen molar-refractivity contribution in [3.63, 3.8) is 0 Å². The number of carboxylic acids is 1. The normalized spacial score (nSPS) is 13.0. The van der Waals surface area contributed by atoms with Crippen LogP contribution in [-0.4, -0.2) is 28.8 Å². The van der Waals surface area contributed by atoms with Gasteiger partial charge in [-0.2, -0.15) is 0 Å². The van der Waals surface area contributed by atoms with Gasteiger partial charge in [-0.15, -0.1) is 8.19 Å². The molecule has 0 radical (unpaired) electrons. The Morgan fingerprint density at radius 3 is 2.92 bits per heavy atom. The zero-order valence-corrected chi connectivity index (χ0v) is 8.03. The van der Waals surface area contributed by atoms with Crippen LogP contribution >= 0.6 is 8.19 Å². The van der Waals surface area contributed by atoms with Gasteiger partial charge < -0.3 is 15.5 Å². The minimum Gasteiger partial charge on any atom is -0.480 e. The van der Waals surface area contributed by atoms with Crippen LogP contribution in [0.1, 0.15) is 6.42 Å². The SMILES string of the molecule is O=C(O)[C@H](CCO)Nc1ccc[pH]1. The summed E-state index contributed by atoms with van der Waals surface area (Å²) in [7, 11) is 0.514. The van der Waals surface area contributed by atoms with Gasteiger partial charge in [0.2, 0.25) is 0 Å². The summed E-state index contributed by atoms with van der Waals surface area (Å²) in [6.45, 7) is -0.117. The molecule has 0 fully saturated rings. The second-order valence-corrected chi connectivity index (χ2v) is 3.79. The summed E-state index contributed by atoms with van der Waals surface area (Å²) in [6, 6.07) is 3.06. The largest absolute Gasteiger partial charge is 0.480 e. The van der Waals surface area contributed by atoms with Crippen LogP contribution in [0.25, 0.3) is 0 Å². The highest BCUT2D eigenvalue weighted by Crippen LogP contribution is 2.22. The van der Waals surface area contributed by atoms with Crippen molar-refractivity contribution < 1.29 is 15.0 Å². The number of anilines is 1. The Labute approximate surface area is 77.7 Å². The first-order valence-electron chi connectivity index (χ1n) is 3.97. The number of hydrogen-bond donors (Lipinski definition) is 3. The van der Waals surface area contributed by atoms with E-state index >= 15 is 0 Å². The number of aliphatic carboxylic acids is 1. The molecule has 2 atom stereocenters. The van der Waals surface area contributed by atoms with E-state index in [0.717, 1.165) is 5.42 Å². The van der Waals surface area contributed by atoms with Crippen molar-refractivity contribution in [1.82, 2.24) is 0 Å². The maximum Gasteiger partial charge on any atom is 0.326 e. The monoisotopic (exact) mass is 201 g/mol. The Hall–Kier alpha value is -0.990. The molecule has 0 bridgehead atoms. The third-order valence-corrected chi connectivity index (χ3v) is 2.62. The first-order chi connectivity index (χ1) is 6.24. The molecular weight excluding hydrogens is 189 g/mol. The molecule has 1 unspecified atom stereocenters.